The van der Waals surface area contributed by atoms with Gasteiger partial charge >= 0.3 is 6.09 Å². The number of hydrogen-bond donors (Lipinski definition) is 3. The van der Waals surface area contributed by atoms with Crippen molar-refractivity contribution in [3.05, 3.63) is 95.3 Å². The molecule has 4 atom stereocenters. The molecule has 3 N–H and O–H groups in total. The molecule has 2 heterocycles. The first kappa shape index (κ1) is 36.3. The zero-order chi connectivity index (χ0) is 35.1. The van der Waals surface area contributed by atoms with Crippen LogP contribution in [0.15, 0.2) is 71.6 Å². The van der Waals surface area contributed by atoms with Crippen molar-refractivity contribution in [3.63, 3.8) is 0 Å². The number of anilines is 1. The zero-order valence-electron chi connectivity index (χ0n) is 27.3. The van der Waals surface area contributed by atoms with Crippen LogP contribution < -0.4 is 16.0 Å². The lowest BCUT2D eigenvalue weighted by atomic mass is 9.76. The molecule has 3 aromatic rings. The molecule has 49 heavy (non-hydrogen) atoms. The lowest BCUT2D eigenvalue weighted by Gasteiger charge is -2.40. The highest BCUT2D eigenvalue weighted by atomic mass is 32.2. The van der Waals surface area contributed by atoms with E-state index in [1.54, 1.807) is 30.3 Å². The summed E-state index contributed by atoms with van der Waals surface area (Å²) in [7, 11) is -2.73. The Kier molecular flexibility index (Phi) is 12.0. The molecule has 2 amide bonds. The Balaban J connectivity index is 1.43. The minimum absolute atomic E-state index is 0.0732. The van der Waals surface area contributed by atoms with Crippen LogP contribution in [0.1, 0.15) is 43.2 Å². The minimum atomic E-state index is -3.86. The van der Waals surface area contributed by atoms with Crippen molar-refractivity contribution in [2.24, 2.45) is 5.92 Å². The summed E-state index contributed by atoms with van der Waals surface area (Å²) in [5.41, 5.74) is 0.575. The molecule has 0 saturated carbocycles. The number of rotatable bonds is 11. The van der Waals surface area contributed by atoms with Crippen molar-refractivity contribution >= 4 is 27.7 Å². The second-order valence-corrected chi connectivity index (χ2v) is 14.2. The highest BCUT2D eigenvalue weighted by Crippen LogP contribution is 2.37. The van der Waals surface area contributed by atoms with Gasteiger partial charge in [0.1, 0.15) is 11.9 Å². The number of benzene rings is 3. The third kappa shape index (κ3) is 8.43. The SMILES string of the molecule is COC(=O)N[C@H](C(=O)Nc1cccc(F)c1CC[C@H]1CNC[C@@H](C)N1S(=O)(=O)c1ccccc1)C(c1ccc(F)c(F)c1)C1CCOCC1. The van der Waals surface area contributed by atoms with Crippen molar-refractivity contribution < 1.29 is 40.7 Å². The van der Waals surface area contributed by atoms with Gasteiger partial charge in [-0.3, -0.25) is 4.79 Å². The quantitative estimate of drug-likeness (QED) is 0.258. The maximum atomic E-state index is 15.5. The molecule has 14 heteroatoms. The van der Waals surface area contributed by atoms with Gasteiger partial charge in [-0.2, -0.15) is 4.31 Å². The Bertz CT molecular complexity index is 1730. The third-order valence-corrected chi connectivity index (χ3v) is 11.3. The summed E-state index contributed by atoms with van der Waals surface area (Å²) in [6.45, 7) is 3.35. The molecule has 3 aromatic carbocycles. The molecule has 0 aromatic heterocycles. The maximum absolute atomic E-state index is 15.5. The van der Waals surface area contributed by atoms with Crippen LogP contribution in [0.4, 0.5) is 23.7 Å². The molecular weight excluding hydrogens is 661 g/mol. The van der Waals surface area contributed by atoms with Gasteiger partial charge < -0.3 is 25.4 Å². The van der Waals surface area contributed by atoms with Gasteiger partial charge in [-0.15, -0.1) is 0 Å². The van der Waals surface area contributed by atoms with Crippen molar-refractivity contribution in [2.45, 2.75) is 61.5 Å². The van der Waals surface area contributed by atoms with Crippen LogP contribution in [0.2, 0.25) is 0 Å². The second-order valence-electron chi connectivity index (χ2n) is 12.4. The summed E-state index contributed by atoms with van der Waals surface area (Å²) in [5, 5.41) is 8.60. The maximum Gasteiger partial charge on any atom is 0.407 e. The number of hydrogen-bond acceptors (Lipinski definition) is 7. The van der Waals surface area contributed by atoms with E-state index in [0.717, 1.165) is 19.2 Å². The van der Waals surface area contributed by atoms with Crippen LogP contribution >= 0.6 is 0 Å². The van der Waals surface area contributed by atoms with Crippen molar-refractivity contribution in [1.82, 2.24) is 14.9 Å². The van der Waals surface area contributed by atoms with Crippen LogP contribution in [0.3, 0.4) is 0 Å². The van der Waals surface area contributed by atoms with Crippen molar-refractivity contribution in [3.8, 4) is 0 Å². The monoisotopic (exact) mass is 702 g/mol. The van der Waals surface area contributed by atoms with Gasteiger partial charge in [0.2, 0.25) is 15.9 Å². The number of methoxy groups -OCH3 is 1. The van der Waals surface area contributed by atoms with E-state index >= 15 is 4.39 Å². The molecule has 5 rings (SSSR count). The number of piperazine rings is 1. The fourth-order valence-electron chi connectivity index (χ4n) is 6.86. The highest BCUT2D eigenvalue weighted by molar-refractivity contribution is 7.89. The predicted molar refractivity (Wildman–Crippen MR) is 177 cm³/mol. The number of carbonyl (C=O) groups is 2. The molecule has 0 aliphatic carbocycles. The number of nitrogens with one attached hydrogen (secondary N) is 3. The third-order valence-electron chi connectivity index (χ3n) is 9.24. The normalized spacial score (nSPS) is 20.3. The topological polar surface area (TPSA) is 126 Å². The number of amides is 2. The van der Waals surface area contributed by atoms with E-state index in [1.807, 2.05) is 6.92 Å². The van der Waals surface area contributed by atoms with Gasteiger partial charge in [0, 0.05) is 55.6 Å². The van der Waals surface area contributed by atoms with E-state index in [9.17, 15) is 26.8 Å². The number of halogens is 3. The lowest BCUT2D eigenvalue weighted by molar-refractivity contribution is -0.119. The molecule has 0 radical (unpaired) electrons. The first-order valence-electron chi connectivity index (χ1n) is 16.3. The summed E-state index contributed by atoms with van der Waals surface area (Å²) in [4.78, 5) is 26.9. The molecule has 0 spiro atoms. The van der Waals surface area contributed by atoms with Crippen molar-refractivity contribution in [1.29, 1.82) is 0 Å². The predicted octanol–water partition coefficient (Wildman–Crippen LogP) is 4.96. The van der Waals surface area contributed by atoms with E-state index in [0.29, 0.717) is 44.7 Å². The molecule has 2 aliphatic rings. The summed E-state index contributed by atoms with van der Waals surface area (Å²) in [6, 6.07) is 13.5. The Morgan fingerprint density at radius 1 is 0.980 bits per heavy atom. The fraction of sp³-hybridized carbons (Fsp3) is 0.429. The van der Waals surface area contributed by atoms with Gasteiger partial charge in [0.25, 0.3) is 0 Å². The largest absolute Gasteiger partial charge is 0.453 e. The Hall–Kier alpha value is -3.98. The summed E-state index contributed by atoms with van der Waals surface area (Å²) in [5.74, 6) is -4.57. The van der Waals surface area contributed by atoms with Crippen LogP contribution in [-0.4, -0.2) is 76.3 Å². The summed E-state index contributed by atoms with van der Waals surface area (Å²) >= 11 is 0. The number of nitrogens with zero attached hydrogens (tertiary/aromatic N) is 1. The standard InChI is InChI=1S/C35H41F3N4O6S/c1-22-20-39-21-25(42(22)49(45,46)26-7-4-3-5-8-26)12-13-27-28(36)9-6-10-31(27)40-34(43)33(41-35(44)47-2)32(23-15-17-48-18-16-23)24-11-14-29(37)30(38)19-24/h3-11,14,19,22-23,25,32-33,39H,12-13,15-18,20-21H2,1-2H3,(H,40,43)(H,41,44)/t22-,25+,32?,33+/m1/s1. The zero-order valence-corrected chi connectivity index (χ0v) is 28.1. The molecule has 264 valence electrons. The summed E-state index contributed by atoms with van der Waals surface area (Å²) < 4.78 is 83.2. The van der Waals surface area contributed by atoms with Crippen molar-refractivity contribution in [2.75, 3.05) is 38.7 Å². The van der Waals surface area contributed by atoms with E-state index in [2.05, 4.69) is 16.0 Å². The summed E-state index contributed by atoms with van der Waals surface area (Å²) in [6.07, 6.45) is 0.355. The van der Waals surface area contributed by atoms with E-state index in [-0.39, 0.29) is 40.9 Å². The van der Waals surface area contributed by atoms with E-state index in [1.165, 1.54) is 28.6 Å². The van der Waals surface area contributed by atoms with Gasteiger partial charge in [-0.25, -0.2) is 26.4 Å². The van der Waals surface area contributed by atoms with E-state index < -0.39 is 57.5 Å². The first-order chi connectivity index (χ1) is 23.5. The average molecular weight is 703 g/mol. The second kappa shape index (κ2) is 16.2. The molecule has 0 bridgehead atoms. The molecule has 2 saturated heterocycles. The average Bonchev–Trinajstić information content (AvgIpc) is 3.09. The first-order valence-corrected chi connectivity index (χ1v) is 17.7. The minimum Gasteiger partial charge on any atom is -0.453 e. The van der Waals surface area contributed by atoms with Gasteiger partial charge in [0.05, 0.1) is 12.0 Å². The fourth-order valence-corrected chi connectivity index (χ4v) is 8.73. The van der Waals surface area contributed by atoms with Gasteiger partial charge in [0.15, 0.2) is 11.6 Å². The van der Waals surface area contributed by atoms with Gasteiger partial charge in [-0.05, 0) is 80.5 Å². The highest BCUT2D eigenvalue weighted by Gasteiger charge is 2.40. The Morgan fingerprint density at radius 3 is 2.41 bits per heavy atom. The Morgan fingerprint density at radius 2 is 1.71 bits per heavy atom. The van der Waals surface area contributed by atoms with E-state index in [4.69, 9.17) is 9.47 Å². The number of sulfonamides is 1. The van der Waals surface area contributed by atoms with Crippen LogP contribution in [0.5, 0.6) is 0 Å². The lowest BCUT2D eigenvalue weighted by Crippen LogP contribution is -2.58. The van der Waals surface area contributed by atoms with Crippen LogP contribution in [-0.2, 0) is 30.7 Å². The molecule has 10 nitrogen and oxygen atoms in total. The molecule has 2 aliphatic heterocycles. The molecular formula is C35H41F3N4O6S. The number of alkyl carbamates (subject to hydrolysis) is 1. The Labute approximate surface area is 284 Å². The number of carbonyl (C=O) groups excluding carboxylic acids is 2. The smallest absolute Gasteiger partial charge is 0.407 e. The van der Waals surface area contributed by atoms with Gasteiger partial charge in [-0.1, -0.05) is 30.3 Å². The molecule has 1 unspecified atom stereocenters. The molecule has 2 fully saturated rings. The van der Waals surface area contributed by atoms with Crippen LogP contribution in [0, 0.1) is 23.4 Å². The number of ether oxygens (including phenoxy) is 2. The van der Waals surface area contributed by atoms with Crippen LogP contribution in [0.25, 0.3) is 0 Å².